The van der Waals surface area contributed by atoms with E-state index in [4.69, 9.17) is 19.9 Å². The van der Waals surface area contributed by atoms with Crippen molar-refractivity contribution in [3.63, 3.8) is 0 Å². The van der Waals surface area contributed by atoms with Gasteiger partial charge in [0.05, 0.1) is 19.8 Å². The van der Waals surface area contributed by atoms with Crippen LogP contribution in [0.15, 0.2) is 0 Å². The van der Waals surface area contributed by atoms with Crippen LogP contribution in [0, 0.1) is 0 Å². The quantitative estimate of drug-likeness (QED) is 0.486. The van der Waals surface area contributed by atoms with E-state index in [-0.39, 0.29) is 26.4 Å². The van der Waals surface area contributed by atoms with Gasteiger partial charge in [-0.1, -0.05) is 0 Å². The Hall–Kier alpha value is -1.14. The topological polar surface area (TPSA) is 87.9 Å². The van der Waals surface area contributed by atoms with Gasteiger partial charge in [-0.25, -0.2) is 9.59 Å². The van der Waals surface area contributed by atoms with Crippen LogP contribution in [-0.2, 0) is 23.8 Å². The highest BCUT2D eigenvalue weighted by Crippen LogP contribution is 2.15. The van der Waals surface area contributed by atoms with Crippen LogP contribution in [-0.4, -0.2) is 43.9 Å². The van der Waals surface area contributed by atoms with Gasteiger partial charge in [0.2, 0.25) is 0 Å². The second-order valence-corrected chi connectivity index (χ2v) is 3.11. The van der Waals surface area contributed by atoms with Crippen LogP contribution >= 0.6 is 0 Å². The lowest BCUT2D eigenvalue weighted by molar-refractivity contribution is -0.187. The van der Waals surface area contributed by atoms with Crippen molar-refractivity contribution in [1.82, 2.24) is 0 Å². The van der Waals surface area contributed by atoms with Crippen molar-refractivity contribution in [3.05, 3.63) is 0 Å². The molecule has 0 saturated heterocycles. The molecule has 0 aliphatic rings. The summed E-state index contributed by atoms with van der Waals surface area (Å²) >= 11 is 0. The van der Waals surface area contributed by atoms with Crippen molar-refractivity contribution in [3.8, 4) is 0 Å². The predicted molar refractivity (Wildman–Crippen MR) is 56.7 cm³/mol. The smallest absolute Gasteiger partial charge is 0.349 e. The van der Waals surface area contributed by atoms with E-state index in [9.17, 15) is 9.59 Å². The van der Waals surface area contributed by atoms with E-state index >= 15 is 0 Å². The lowest BCUT2D eigenvalue weighted by Gasteiger charge is -2.24. The van der Waals surface area contributed by atoms with E-state index in [1.165, 1.54) is 6.92 Å². The number of carbonyl (C=O) groups is 2. The van der Waals surface area contributed by atoms with Gasteiger partial charge in [-0.05, 0) is 20.8 Å². The Morgan fingerprint density at radius 3 is 1.88 bits per heavy atom. The Kier molecular flexibility index (Phi) is 6.67. The fraction of sp³-hybridized carbons (Fsp3) is 0.800. The Morgan fingerprint density at radius 2 is 1.56 bits per heavy atom. The maximum absolute atomic E-state index is 11.6. The summed E-state index contributed by atoms with van der Waals surface area (Å²) < 4.78 is 14.7. The minimum Gasteiger partial charge on any atom is -0.463 e. The molecule has 0 aromatic rings. The molecule has 6 heteroatoms. The van der Waals surface area contributed by atoms with E-state index < -0.39 is 17.5 Å². The Bertz CT molecular complexity index is 223. The molecule has 0 aromatic carbocycles. The van der Waals surface area contributed by atoms with Gasteiger partial charge in [0.25, 0.3) is 5.60 Å². The van der Waals surface area contributed by atoms with Gasteiger partial charge in [-0.2, -0.15) is 0 Å². The van der Waals surface area contributed by atoms with Gasteiger partial charge in [0.15, 0.2) is 0 Å². The third-order valence-electron chi connectivity index (χ3n) is 1.84. The zero-order valence-electron chi connectivity index (χ0n) is 9.95. The third-order valence-corrected chi connectivity index (χ3v) is 1.84. The van der Waals surface area contributed by atoms with Crippen LogP contribution in [0.25, 0.3) is 0 Å². The van der Waals surface area contributed by atoms with E-state index in [1.54, 1.807) is 13.8 Å². The highest BCUT2D eigenvalue weighted by Gasteiger charge is 2.45. The lowest BCUT2D eigenvalue weighted by atomic mass is 10.1. The molecule has 0 aliphatic carbocycles. The van der Waals surface area contributed by atoms with Crippen molar-refractivity contribution in [1.29, 1.82) is 0 Å². The minimum atomic E-state index is -1.73. The minimum absolute atomic E-state index is 0.0775. The molecule has 0 aromatic heterocycles. The summed E-state index contributed by atoms with van der Waals surface area (Å²) in [4.78, 5) is 23.2. The van der Waals surface area contributed by atoms with Crippen LogP contribution in [0.2, 0.25) is 0 Å². The average Bonchev–Trinajstić information content (AvgIpc) is 2.26. The first-order valence-electron chi connectivity index (χ1n) is 5.21. The maximum Gasteiger partial charge on any atom is 0.349 e. The maximum atomic E-state index is 11.6. The van der Waals surface area contributed by atoms with Gasteiger partial charge in [0.1, 0.15) is 0 Å². The van der Waals surface area contributed by atoms with Crippen molar-refractivity contribution in [2.75, 3.05) is 26.4 Å². The molecule has 16 heavy (non-hydrogen) atoms. The summed E-state index contributed by atoms with van der Waals surface area (Å²) in [5.41, 5.74) is 3.52. The lowest BCUT2D eigenvalue weighted by Crippen LogP contribution is -2.49. The molecule has 94 valence electrons. The van der Waals surface area contributed by atoms with Crippen LogP contribution < -0.4 is 5.73 Å². The number of nitrogens with two attached hydrogens (primary N) is 1. The van der Waals surface area contributed by atoms with Crippen molar-refractivity contribution < 1.29 is 23.8 Å². The Labute approximate surface area is 95.0 Å². The molecule has 0 spiro atoms. The first-order valence-corrected chi connectivity index (χ1v) is 5.21. The van der Waals surface area contributed by atoms with Gasteiger partial charge < -0.3 is 19.9 Å². The molecule has 0 rings (SSSR count). The fourth-order valence-corrected chi connectivity index (χ4v) is 1.00. The van der Waals surface area contributed by atoms with Crippen molar-refractivity contribution >= 4 is 11.9 Å². The molecule has 0 atom stereocenters. The Morgan fingerprint density at radius 1 is 1.12 bits per heavy atom. The number of ether oxygens (including phenoxy) is 3. The van der Waals surface area contributed by atoms with E-state index in [0.717, 1.165) is 0 Å². The molecule has 2 N–H and O–H groups in total. The highest BCUT2D eigenvalue weighted by atomic mass is 16.6. The molecule has 0 heterocycles. The van der Waals surface area contributed by atoms with E-state index in [1.807, 2.05) is 0 Å². The fourth-order valence-electron chi connectivity index (χ4n) is 1.00. The van der Waals surface area contributed by atoms with E-state index in [0.29, 0.717) is 0 Å². The van der Waals surface area contributed by atoms with Crippen LogP contribution in [0.4, 0.5) is 0 Å². The summed E-state index contributed by atoms with van der Waals surface area (Å²) in [6.07, 6.45) is 0. The molecule has 0 bridgehead atoms. The molecule has 0 aliphatic heterocycles. The van der Waals surface area contributed by atoms with Crippen molar-refractivity contribution in [2.45, 2.75) is 26.4 Å². The molecule has 0 saturated carbocycles. The number of esters is 2. The highest BCUT2D eigenvalue weighted by molar-refractivity contribution is 6.03. The molecule has 0 unspecified atom stereocenters. The van der Waals surface area contributed by atoms with Gasteiger partial charge >= 0.3 is 11.9 Å². The SMILES string of the molecule is CCOC(=O)C(C)(OCCN)C(=O)OCC. The molecule has 0 radical (unpaired) electrons. The summed E-state index contributed by atoms with van der Waals surface area (Å²) in [6, 6.07) is 0. The second kappa shape index (κ2) is 7.19. The standard InChI is InChI=1S/C10H19NO5/c1-4-14-8(12)10(3,16-7-6-11)9(13)15-5-2/h4-7,11H2,1-3H3. The first-order chi connectivity index (χ1) is 7.52. The number of carbonyl (C=O) groups excluding carboxylic acids is 2. The summed E-state index contributed by atoms with van der Waals surface area (Å²) in [7, 11) is 0. The largest absolute Gasteiger partial charge is 0.463 e. The van der Waals surface area contributed by atoms with Gasteiger partial charge in [-0.15, -0.1) is 0 Å². The van der Waals surface area contributed by atoms with Gasteiger partial charge in [-0.3, -0.25) is 0 Å². The van der Waals surface area contributed by atoms with E-state index in [2.05, 4.69) is 0 Å². The molecular weight excluding hydrogens is 214 g/mol. The zero-order chi connectivity index (χ0) is 12.6. The monoisotopic (exact) mass is 233 g/mol. The predicted octanol–water partition coefficient (Wildman–Crippen LogP) is -0.153. The zero-order valence-corrected chi connectivity index (χ0v) is 9.95. The molecular formula is C10H19NO5. The van der Waals surface area contributed by atoms with Crippen LogP contribution in [0.3, 0.4) is 0 Å². The number of hydrogen-bond donors (Lipinski definition) is 1. The average molecular weight is 233 g/mol. The normalized spacial score (nSPS) is 11.0. The van der Waals surface area contributed by atoms with Crippen molar-refractivity contribution in [2.24, 2.45) is 5.73 Å². The molecule has 0 amide bonds. The number of hydrogen-bond acceptors (Lipinski definition) is 6. The van der Waals surface area contributed by atoms with Crippen LogP contribution in [0.5, 0.6) is 0 Å². The number of rotatable bonds is 7. The molecule has 6 nitrogen and oxygen atoms in total. The summed E-state index contributed by atoms with van der Waals surface area (Å²) in [5.74, 6) is -1.52. The van der Waals surface area contributed by atoms with Gasteiger partial charge in [0, 0.05) is 6.54 Å². The molecule has 0 fully saturated rings. The first kappa shape index (κ1) is 14.9. The Balaban J connectivity index is 4.71. The summed E-state index contributed by atoms with van der Waals surface area (Å²) in [5, 5.41) is 0. The summed E-state index contributed by atoms with van der Waals surface area (Å²) in [6.45, 7) is 5.22. The second-order valence-electron chi connectivity index (χ2n) is 3.11. The van der Waals surface area contributed by atoms with Crippen LogP contribution in [0.1, 0.15) is 20.8 Å². The third kappa shape index (κ3) is 3.79.